The zero-order chi connectivity index (χ0) is 12.8. The van der Waals surface area contributed by atoms with Crippen LogP contribution < -0.4 is 0 Å². The highest BCUT2D eigenvalue weighted by molar-refractivity contribution is 7.99. The SMILES string of the molecule is CC(C)OCCCSCCCCCCCCO. The number of ether oxygens (including phenoxy) is 1. The van der Waals surface area contributed by atoms with Gasteiger partial charge in [0.15, 0.2) is 0 Å². The minimum atomic E-state index is 0.355. The van der Waals surface area contributed by atoms with Gasteiger partial charge in [-0.2, -0.15) is 11.8 Å². The van der Waals surface area contributed by atoms with E-state index in [1.54, 1.807) is 0 Å². The minimum absolute atomic E-state index is 0.355. The fraction of sp³-hybridized carbons (Fsp3) is 1.00. The van der Waals surface area contributed by atoms with Crippen molar-refractivity contribution in [1.82, 2.24) is 0 Å². The van der Waals surface area contributed by atoms with Crippen LogP contribution >= 0.6 is 11.8 Å². The Kier molecular flexibility index (Phi) is 14.6. The Labute approximate surface area is 112 Å². The molecule has 17 heavy (non-hydrogen) atoms. The first-order valence-corrected chi connectivity index (χ1v) is 8.23. The number of aliphatic hydroxyl groups excluding tert-OH is 1. The smallest absolute Gasteiger partial charge is 0.0518 e. The van der Waals surface area contributed by atoms with E-state index in [0.29, 0.717) is 12.7 Å². The second kappa shape index (κ2) is 14.3. The minimum Gasteiger partial charge on any atom is -0.396 e. The van der Waals surface area contributed by atoms with E-state index in [9.17, 15) is 0 Å². The number of rotatable bonds is 13. The zero-order valence-corrected chi connectivity index (χ0v) is 12.4. The standard InChI is InChI=1S/C14H30O2S/c1-14(2)16-11-9-13-17-12-8-6-4-3-5-7-10-15/h14-15H,3-13H2,1-2H3. The third-order valence-electron chi connectivity index (χ3n) is 2.58. The lowest BCUT2D eigenvalue weighted by atomic mass is 10.1. The highest BCUT2D eigenvalue weighted by Crippen LogP contribution is 2.10. The number of unbranched alkanes of at least 4 members (excludes halogenated alkanes) is 5. The maximum absolute atomic E-state index is 8.63. The van der Waals surface area contributed by atoms with Crippen molar-refractivity contribution in [3.05, 3.63) is 0 Å². The first-order chi connectivity index (χ1) is 8.27. The molecule has 1 N–H and O–H groups in total. The average Bonchev–Trinajstić information content (AvgIpc) is 2.30. The lowest BCUT2D eigenvalue weighted by molar-refractivity contribution is 0.0800. The van der Waals surface area contributed by atoms with Gasteiger partial charge in [0.25, 0.3) is 0 Å². The second-order valence-electron chi connectivity index (χ2n) is 4.73. The summed E-state index contributed by atoms with van der Waals surface area (Å²) in [6, 6.07) is 0. The summed E-state index contributed by atoms with van der Waals surface area (Å²) >= 11 is 2.05. The summed E-state index contributed by atoms with van der Waals surface area (Å²) < 4.78 is 5.49. The summed E-state index contributed by atoms with van der Waals surface area (Å²) in [5, 5.41) is 8.63. The molecule has 0 aliphatic carbocycles. The Morgan fingerprint density at radius 3 is 2.12 bits per heavy atom. The van der Waals surface area contributed by atoms with Crippen molar-refractivity contribution in [2.75, 3.05) is 24.7 Å². The van der Waals surface area contributed by atoms with Gasteiger partial charge in [0.2, 0.25) is 0 Å². The molecule has 0 aromatic heterocycles. The first kappa shape index (κ1) is 17.3. The number of thioether (sulfide) groups is 1. The number of hydrogen-bond donors (Lipinski definition) is 1. The van der Waals surface area contributed by atoms with E-state index in [1.807, 2.05) is 0 Å². The number of hydrogen-bond acceptors (Lipinski definition) is 3. The largest absolute Gasteiger partial charge is 0.396 e. The van der Waals surface area contributed by atoms with Gasteiger partial charge in [0, 0.05) is 13.2 Å². The van der Waals surface area contributed by atoms with E-state index in [2.05, 4.69) is 25.6 Å². The van der Waals surface area contributed by atoms with E-state index in [4.69, 9.17) is 9.84 Å². The predicted molar refractivity (Wildman–Crippen MR) is 77.8 cm³/mol. The monoisotopic (exact) mass is 262 g/mol. The van der Waals surface area contributed by atoms with Gasteiger partial charge in [-0.15, -0.1) is 0 Å². The van der Waals surface area contributed by atoms with Gasteiger partial charge in [-0.3, -0.25) is 0 Å². The van der Waals surface area contributed by atoms with E-state index < -0.39 is 0 Å². The van der Waals surface area contributed by atoms with Gasteiger partial charge in [-0.25, -0.2) is 0 Å². The van der Waals surface area contributed by atoms with Gasteiger partial charge in [0.1, 0.15) is 0 Å². The molecule has 2 nitrogen and oxygen atoms in total. The van der Waals surface area contributed by atoms with Crippen LogP contribution in [0.2, 0.25) is 0 Å². The molecule has 0 aromatic rings. The fourth-order valence-corrected chi connectivity index (χ4v) is 2.54. The Morgan fingerprint density at radius 1 is 0.882 bits per heavy atom. The molecule has 0 aliphatic heterocycles. The van der Waals surface area contributed by atoms with E-state index in [1.165, 1.54) is 50.0 Å². The molecule has 0 rings (SSSR count). The first-order valence-electron chi connectivity index (χ1n) is 7.07. The maximum Gasteiger partial charge on any atom is 0.0518 e. The van der Waals surface area contributed by atoms with Crippen molar-refractivity contribution < 1.29 is 9.84 Å². The lowest BCUT2D eigenvalue weighted by Gasteiger charge is -2.06. The Bertz CT molecular complexity index is 140. The van der Waals surface area contributed by atoms with Crippen LogP contribution in [0, 0.1) is 0 Å². The van der Waals surface area contributed by atoms with Crippen molar-refractivity contribution >= 4 is 11.8 Å². The van der Waals surface area contributed by atoms with Crippen molar-refractivity contribution in [2.24, 2.45) is 0 Å². The highest BCUT2D eigenvalue weighted by atomic mass is 32.2. The zero-order valence-electron chi connectivity index (χ0n) is 11.6. The molecule has 0 spiro atoms. The van der Waals surface area contributed by atoms with Crippen molar-refractivity contribution in [3.63, 3.8) is 0 Å². The lowest BCUT2D eigenvalue weighted by Crippen LogP contribution is -2.04. The molecule has 0 radical (unpaired) electrons. The van der Waals surface area contributed by atoms with Crippen LogP contribution in [0.15, 0.2) is 0 Å². The van der Waals surface area contributed by atoms with Gasteiger partial charge in [0.05, 0.1) is 6.10 Å². The Morgan fingerprint density at radius 2 is 1.47 bits per heavy atom. The summed E-state index contributed by atoms with van der Waals surface area (Å²) in [5.74, 6) is 2.53. The summed E-state index contributed by atoms with van der Waals surface area (Å²) in [6.07, 6.45) is 9.03. The van der Waals surface area contributed by atoms with Crippen LogP contribution in [0.25, 0.3) is 0 Å². The topological polar surface area (TPSA) is 29.5 Å². The molecule has 104 valence electrons. The summed E-state index contributed by atoms with van der Waals surface area (Å²) in [4.78, 5) is 0. The van der Waals surface area contributed by atoms with Crippen LogP contribution in [-0.4, -0.2) is 35.9 Å². The molecule has 0 unspecified atom stereocenters. The van der Waals surface area contributed by atoms with Gasteiger partial charge >= 0.3 is 0 Å². The molecule has 3 heteroatoms. The van der Waals surface area contributed by atoms with Crippen LogP contribution in [0.5, 0.6) is 0 Å². The number of aliphatic hydroxyl groups is 1. The Balaban J connectivity index is 2.89. The molecule has 0 fully saturated rings. The molecule has 0 atom stereocenters. The highest BCUT2D eigenvalue weighted by Gasteiger charge is 1.95. The van der Waals surface area contributed by atoms with Gasteiger partial charge in [-0.1, -0.05) is 25.7 Å². The molecule has 0 aromatic carbocycles. The summed E-state index contributed by atoms with van der Waals surface area (Å²) in [6.45, 7) is 5.44. The third kappa shape index (κ3) is 16.3. The van der Waals surface area contributed by atoms with Crippen LogP contribution in [0.3, 0.4) is 0 Å². The van der Waals surface area contributed by atoms with Crippen molar-refractivity contribution in [2.45, 2.75) is 64.9 Å². The van der Waals surface area contributed by atoms with Crippen molar-refractivity contribution in [3.8, 4) is 0 Å². The van der Waals surface area contributed by atoms with Crippen LogP contribution in [0.1, 0.15) is 58.8 Å². The molecular formula is C14H30O2S. The average molecular weight is 262 g/mol. The van der Waals surface area contributed by atoms with E-state index >= 15 is 0 Å². The quantitative estimate of drug-likeness (QED) is 0.511. The van der Waals surface area contributed by atoms with Gasteiger partial charge in [-0.05, 0) is 44.6 Å². The molecule has 0 amide bonds. The molecule has 0 bridgehead atoms. The molecule has 0 saturated carbocycles. The van der Waals surface area contributed by atoms with E-state index in [-0.39, 0.29) is 0 Å². The van der Waals surface area contributed by atoms with Crippen molar-refractivity contribution in [1.29, 1.82) is 0 Å². The summed E-state index contributed by atoms with van der Waals surface area (Å²) in [7, 11) is 0. The second-order valence-corrected chi connectivity index (χ2v) is 5.96. The Hall–Kier alpha value is 0.270. The van der Waals surface area contributed by atoms with Gasteiger partial charge < -0.3 is 9.84 Å². The van der Waals surface area contributed by atoms with Crippen LogP contribution in [0.4, 0.5) is 0 Å². The third-order valence-corrected chi connectivity index (χ3v) is 3.74. The maximum atomic E-state index is 8.63. The predicted octanol–water partition coefficient (Wildman–Crippen LogP) is 3.87. The molecule has 0 aliphatic rings. The van der Waals surface area contributed by atoms with E-state index in [0.717, 1.165) is 13.0 Å². The normalized spacial score (nSPS) is 11.3. The van der Waals surface area contributed by atoms with Crippen LogP contribution in [-0.2, 0) is 4.74 Å². The fourth-order valence-electron chi connectivity index (χ4n) is 1.61. The summed E-state index contributed by atoms with van der Waals surface area (Å²) in [5.41, 5.74) is 0. The molecular weight excluding hydrogens is 232 g/mol. The molecule has 0 heterocycles. The molecule has 0 saturated heterocycles.